The molecule has 3 nitrogen and oxygen atoms in total. The second kappa shape index (κ2) is 4.34. The predicted octanol–water partition coefficient (Wildman–Crippen LogP) is 2.82. The number of carbonyl (C=O) groups is 1. The van der Waals surface area contributed by atoms with Crippen LogP contribution < -0.4 is 4.90 Å². The molecule has 1 amide bonds. The van der Waals surface area contributed by atoms with Crippen LogP contribution in [0, 0.1) is 5.41 Å². The third-order valence-electron chi connectivity index (χ3n) is 4.90. The van der Waals surface area contributed by atoms with Gasteiger partial charge < -0.3 is 10.0 Å². The van der Waals surface area contributed by atoms with E-state index in [1.807, 2.05) is 25.2 Å². The maximum atomic E-state index is 11.7. The number of carbonyl (C=O) groups excluding carboxylic acids is 1. The quantitative estimate of drug-likeness (QED) is 0.887. The van der Waals surface area contributed by atoms with Crippen LogP contribution in [0.2, 0.25) is 0 Å². The van der Waals surface area contributed by atoms with Gasteiger partial charge >= 0.3 is 0 Å². The molecule has 1 aromatic carbocycles. The number of benzene rings is 1. The van der Waals surface area contributed by atoms with Crippen LogP contribution in [0.3, 0.4) is 0 Å². The first-order valence-electron chi connectivity index (χ1n) is 7.09. The molecule has 102 valence electrons. The molecule has 1 aliphatic heterocycles. The minimum atomic E-state index is -0.415. The molecule has 0 bridgehead atoms. The zero-order valence-corrected chi connectivity index (χ0v) is 11.6. The van der Waals surface area contributed by atoms with Gasteiger partial charge in [-0.05, 0) is 35.4 Å². The Hall–Kier alpha value is -1.35. The van der Waals surface area contributed by atoms with E-state index in [2.05, 4.69) is 6.92 Å². The molecule has 1 saturated carbocycles. The summed E-state index contributed by atoms with van der Waals surface area (Å²) in [5.74, 6) is 0.133. The van der Waals surface area contributed by atoms with Crippen LogP contribution >= 0.6 is 0 Å². The lowest BCUT2D eigenvalue weighted by Gasteiger charge is -2.30. The highest BCUT2D eigenvalue weighted by Gasteiger charge is 2.37. The molecule has 0 aromatic heterocycles. The Labute approximate surface area is 114 Å². The number of amides is 1. The first kappa shape index (κ1) is 12.7. The van der Waals surface area contributed by atoms with Crippen molar-refractivity contribution in [3.05, 3.63) is 29.3 Å². The molecule has 1 N–H and O–H groups in total. The third-order valence-corrected chi connectivity index (χ3v) is 4.90. The molecule has 3 rings (SSSR count). The van der Waals surface area contributed by atoms with Crippen LogP contribution in [-0.2, 0) is 11.2 Å². The van der Waals surface area contributed by atoms with E-state index in [-0.39, 0.29) is 11.3 Å². The summed E-state index contributed by atoms with van der Waals surface area (Å²) in [6.45, 7) is 2.18. The Morgan fingerprint density at radius 2 is 2.00 bits per heavy atom. The highest BCUT2D eigenvalue weighted by atomic mass is 16.3. The molecule has 1 atom stereocenters. The lowest BCUT2D eigenvalue weighted by Crippen LogP contribution is -2.22. The van der Waals surface area contributed by atoms with Crippen molar-refractivity contribution in [3.63, 3.8) is 0 Å². The number of hydrogen-bond donors (Lipinski definition) is 1. The van der Waals surface area contributed by atoms with Crippen LogP contribution in [0.5, 0.6) is 0 Å². The van der Waals surface area contributed by atoms with Crippen LogP contribution in [-0.4, -0.2) is 18.1 Å². The van der Waals surface area contributed by atoms with Crippen molar-refractivity contribution in [2.45, 2.75) is 45.1 Å². The van der Waals surface area contributed by atoms with Crippen molar-refractivity contribution in [1.29, 1.82) is 0 Å². The van der Waals surface area contributed by atoms with Gasteiger partial charge in [-0.3, -0.25) is 4.79 Å². The van der Waals surface area contributed by atoms with Gasteiger partial charge in [0.05, 0.1) is 12.5 Å². The van der Waals surface area contributed by atoms with Crippen LogP contribution in [0.1, 0.15) is 49.8 Å². The summed E-state index contributed by atoms with van der Waals surface area (Å²) >= 11 is 0. The van der Waals surface area contributed by atoms with Gasteiger partial charge in [-0.1, -0.05) is 31.9 Å². The first-order valence-corrected chi connectivity index (χ1v) is 7.09. The lowest BCUT2D eigenvalue weighted by molar-refractivity contribution is -0.117. The van der Waals surface area contributed by atoms with Crippen LogP contribution in [0.4, 0.5) is 5.69 Å². The summed E-state index contributed by atoms with van der Waals surface area (Å²) in [5, 5.41) is 10.6. The monoisotopic (exact) mass is 259 g/mol. The van der Waals surface area contributed by atoms with Gasteiger partial charge in [-0.15, -0.1) is 0 Å². The highest BCUT2D eigenvalue weighted by Crippen LogP contribution is 2.47. The van der Waals surface area contributed by atoms with Crippen LogP contribution in [0.25, 0.3) is 0 Å². The lowest BCUT2D eigenvalue weighted by atomic mass is 9.79. The fourth-order valence-electron chi connectivity index (χ4n) is 3.52. The highest BCUT2D eigenvalue weighted by molar-refractivity contribution is 6.00. The summed E-state index contributed by atoms with van der Waals surface area (Å²) < 4.78 is 0. The molecule has 0 spiro atoms. The molecule has 3 heteroatoms. The number of hydrogen-bond acceptors (Lipinski definition) is 2. The Kier molecular flexibility index (Phi) is 2.90. The molecule has 1 aliphatic carbocycles. The van der Waals surface area contributed by atoms with Gasteiger partial charge in [0.2, 0.25) is 5.91 Å². The first-order chi connectivity index (χ1) is 9.01. The Morgan fingerprint density at radius 1 is 1.32 bits per heavy atom. The molecule has 2 aliphatic rings. The number of likely N-dealkylation sites (N-methyl/N-ethyl adjacent to an activating group) is 1. The van der Waals surface area contributed by atoms with Gasteiger partial charge in [0.1, 0.15) is 0 Å². The number of fused-ring (bicyclic) bond motifs is 1. The summed E-state index contributed by atoms with van der Waals surface area (Å²) in [5.41, 5.74) is 3.00. The van der Waals surface area contributed by atoms with Gasteiger partial charge in [0.25, 0.3) is 0 Å². The summed E-state index contributed by atoms with van der Waals surface area (Å²) in [7, 11) is 1.81. The summed E-state index contributed by atoms with van der Waals surface area (Å²) in [4.78, 5) is 13.4. The molecule has 1 fully saturated rings. The van der Waals surface area contributed by atoms with Crippen LogP contribution in [0.15, 0.2) is 18.2 Å². The maximum absolute atomic E-state index is 11.7. The van der Waals surface area contributed by atoms with E-state index in [1.54, 1.807) is 4.90 Å². The van der Waals surface area contributed by atoms with Gasteiger partial charge in [0, 0.05) is 12.7 Å². The smallest absolute Gasteiger partial charge is 0.231 e. The minimum Gasteiger partial charge on any atom is -0.388 e. The number of aliphatic hydroxyl groups is 1. The van der Waals surface area contributed by atoms with Crippen molar-refractivity contribution >= 4 is 11.6 Å². The molecule has 1 aromatic rings. The van der Waals surface area contributed by atoms with Crippen molar-refractivity contribution in [2.24, 2.45) is 5.41 Å². The molecule has 1 unspecified atom stereocenters. The molecule has 0 saturated heterocycles. The van der Waals surface area contributed by atoms with E-state index in [0.29, 0.717) is 6.42 Å². The van der Waals surface area contributed by atoms with E-state index >= 15 is 0 Å². The largest absolute Gasteiger partial charge is 0.388 e. The van der Waals surface area contributed by atoms with E-state index in [9.17, 15) is 9.90 Å². The van der Waals surface area contributed by atoms with Crippen molar-refractivity contribution in [2.75, 3.05) is 11.9 Å². The normalized spacial score (nSPS) is 22.7. The Bertz CT molecular complexity index is 517. The SMILES string of the molecule is CN1C(=O)Cc2cc(C(O)C3(C)CCCC3)ccc21. The van der Waals surface area contributed by atoms with E-state index in [0.717, 1.165) is 29.7 Å². The zero-order chi connectivity index (χ0) is 13.6. The Balaban J connectivity index is 1.91. The minimum absolute atomic E-state index is 0.00273. The van der Waals surface area contributed by atoms with Gasteiger partial charge in [-0.2, -0.15) is 0 Å². The second-order valence-corrected chi connectivity index (χ2v) is 6.28. The average Bonchev–Trinajstić information content (AvgIpc) is 2.95. The zero-order valence-electron chi connectivity index (χ0n) is 11.6. The van der Waals surface area contributed by atoms with Crippen molar-refractivity contribution < 1.29 is 9.90 Å². The topological polar surface area (TPSA) is 40.5 Å². The van der Waals surface area contributed by atoms with Crippen molar-refractivity contribution in [3.8, 4) is 0 Å². The molecular weight excluding hydrogens is 238 g/mol. The maximum Gasteiger partial charge on any atom is 0.231 e. The molecule has 1 heterocycles. The summed E-state index contributed by atoms with van der Waals surface area (Å²) in [6.07, 6.45) is 4.64. The van der Waals surface area contributed by atoms with Crippen molar-refractivity contribution in [1.82, 2.24) is 0 Å². The van der Waals surface area contributed by atoms with Gasteiger partial charge in [-0.25, -0.2) is 0 Å². The number of nitrogens with zero attached hydrogens (tertiary/aromatic N) is 1. The third kappa shape index (κ3) is 1.96. The standard InChI is InChI=1S/C16H21NO2/c1-16(7-3-4-8-16)15(19)11-5-6-13-12(9-11)10-14(18)17(13)2/h5-6,9,15,19H,3-4,7-8,10H2,1-2H3. The molecule has 0 radical (unpaired) electrons. The van der Waals surface area contributed by atoms with E-state index < -0.39 is 6.10 Å². The second-order valence-electron chi connectivity index (χ2n) is 6.28. The number of rotatable bonds is 2. The number of aliphatic hydroxyl groups excluding tert-OH is 1. The molecule has 19 heavy (non-hydrogen) atoms. The Morgan fingerprint density at radius 3 is 2.68 bits per heavy atom. The molecular formula is C16H21NO2. The summed E-state index contributed by atoms with van der Waals surface area (Å²) in [6, 6.07) is 5.96. The fraction of sp³-hybridized carbons (Fsp3) is 0.562. The van der Waals surface area contributed by atoms with E-state index in [4.69, 9.17) is 0 Å². The number of anilines is 1. The van der Waals surface area contributed by atoms with Gasteiger partial charge in [0.15, 0.2) is 0 Å². The van der Waals surface area contributed by atoms with E-state index in [1.165, 1.54) is 12.8 Å². The predicted molar refractivity (Wildman–Crippen MR) is 75.1 cm³/mol. The fourth-order valence-corrected chi connectivity index (χ4v) is 3.52. The average molecular weight is 259 g/mol.